The molecule has 24 heavy (non-hydrogen) atoms. The predicted octanol–water partition coefficient (Wildman–Crippen LogP) is 4.48. The summed E-state index contributed by atoms with van der Waals surface area (Å²) in [7, 11) is 0. The van der Waals surface area contributed by atoms with Crippen molar-refractivity contribution in [2.45, 2.75) is 96.2 Å². The first-order valence-corrected chi connectivity index (χ1v) is 10.3. The first kappa shape index (κ1) is 21.9. The summed E-state index contributed by atoms with van der Waals surface area (Å²) in [6.45, 7) is 5.90. The summed E-state index contributed by atoms with van der Waals surface area (Å²) in [4.78, 5) is 0. The van der Waals surface area contributed by atoms with Crippen molar-refractivity contribution < 1.29 is 19.3 Å². The summed E-state index contributed by atoms with van der Waals surface area (Å²) >= 11 is 0. The normalized spacial score (nSPS) is 21.2. The molecule has 2 heterocycles. The summed E-state index contributed by atoms with van der Waals surface area (Å²) in [6, 6.07) is 0. The molecule has 0 spiro atoms. The van der Waals surface area contributed by atoms with Crippen LogP contribution in [-0.4, -0.2) is 50.3 Å². The number of hydrogen-bond donors (Lipinski definition) is 1. The van der Waals surface area contributed by atoms with E-state index in [-0.39, 0.29) is 0 Å². The van der Waals surface area contributed by atoms with Gasteiger partial charge in [0.05, 0.1) is 26.4 Å². The van der Waals surface area contributed by atoms with E-state index in [2.05, 4.69) is 6.92 Å². The standard InChI is InChI=1S/C14H30O.C6H10O3/c1-2-3-4-5-6-7-8-9-10-11-12-13-14-15;1(5-3-8-5)7-2-6-4-9-6/h15H,2-14H2,1H3;5-6H,1-4H2. The summed E-state index contributed by atoms with van der Waals surface area (Å²) < 4.78 is 15.1. The van der Waals surface area contributed by atoms with E-state index >= 15 is 0 Å². The molecule has 2 atom stereocenters. The number of ether oxygens (including phenoxy) is 3. The largest absolute Gasteiger partial charge is 0.396 e. The van der Waals surface area contributed by atoms with Crippen molar-refractivity contribution in [2.24, 2.45) is 0 Å². The molecule has 2 saturated heterocycles. The highest BCUT2D eigenvalue weighted by Gasteiger charge is 2.26. The van der Waals surface area contributed by atoms with E-state index in [0.717, 1.165) is 32.8 Å². The summed E-state index contributed by atoms with van der Waals surface area (Å²) in [5, 5.41) is 8.61. The third-order valence-corrected chi connectivity index (χ3v) is 4.42. The van der Waals surface area contributed by atoms with Gasteiger partial charge in [-0.3, -0.25) is 0 Å². The van der Waals surface area contributed by atoms with Crippen molar-refractivity contribution in [1.29, 1.82) is 0 Å². The van der Waals surface area contributed by atoms with Crippen molar-refractivity contribution in [1.82, 2.24) is 0 Å². The SMILES string of the molecule is C(OCC1CO1)C1CO1.CCCCCCCCCCCCCCO. The van der Waals surface area contributed by atoms with Crippen molar-refractivity contribution in [3.05, 3.63) is 0 Å². The first-order valence-electron chi connectivity index (χ1n) is 10.3. The van der Waals surface area contributed by atoms with Gasteiger partial charge < -0.3 is 19.3 Å². The van der Waals surface area contributed by atoms with E-state index in [0.29, 0.717) is 18.8 Å². The van der Waals surface area contributed by atoms with Crippen molar-refractivity contribution >= 4 is 0 Å². The van der Waals surface area contributed by atoms with Crippen LogP contribution in [0, 0.1) is 0 Å². The number of rotatable bonds is 16. The molecule has 0 radical (unpaired) electrons. The molecule has 2 rings (SSSR count). The van der Waals surface area contributed by atoms with Crippen LogP contribution in [0.5, 0.6) is 0 Å². The minimum absolute atomic E-state index is 0.372. The second kappa shape index (κ2) is 16.3. The van der Waals surface area contributed by atoms with Gasteiger partial charge in [-0.15, -0.1) is 0 Å². The molecule has 0 saturated carbocycles. The Labute approximate surface area is 149 Å². The minimum atomic E-state index is 0.372. The molecule has 2 aliphatic heterocycles. The van der Waals surface area contributed by atoms with E-state index in [9.17, 15) is 0 Å². The Morgan fingerprint density at radius 2 is 1.08 bits per heavy atom. The Balaban J connectivity index is 0.000000267. The Hall–Kier alpha value is -0.160. The molecule has 144 valence electrons. The van der Waals surface area contributed by atoms with Crippen LogP contribution in [-0.2, 0) is 14.2 Å². The third-order valence-electron chi connectivity index (χ3n) is 4.42. The molecule has 4 nitrogen and oxygen atoms in total. The number of hydrogen-bond acceptors (Lipinski definition) is 4. The summed E-state index contributed by atoms with van der Waals surface area (Å²) in [6.07, 6.45) is 17.0. The fourth-order valence-electron chi connectivity index (χ4n) is 2.61. The zero-order valence-electron chi connectivity index (χ0n) is 15.8. The van der Waals surface area contributed by atoms with Gasteiger partial charge in [-0.1, -0.05) is 77.6 Å². The molecule has 2 unspecified atom stereocenters. The van der Waals surface area contributed by atoms with Gasteiger partial charge in [-0.25, -0.2) is 0 Å². The molecule has 2 fully saturated rings. The Morgan fingerprint density at radius 1 is 0.708 bits per heavy atom. The van der Waals surface area contributed by atoms with Crippen LogP contribution in [0.25, 0.3) is 0 Å². The molecule has 2 aliphatic rings. The van der Waals surface area contributed by atoms with Crippen LogP contribution < -0.4 is 0 Å². The van der Waals surface area contributed by atoms with Crippen LogP contribution in [0.4, 0.5) is 0 Å². The Kier molecular flexibility index (Phi) is 14.9. The Morgan fingerprint density at radius 3 is 1.42 bits per heavy atom. The molecule has 1 N–H and O–H groups in total. The molecule has 0 bridgehead atoms. The fourth-order valence-corrected chi connectivity index (χ4v) is 2.61. The average molecular weight is 345 g/mol. The lowest BCUT2D eigenvalue weighted by molar-refractivity contribution is 0.102. The lowest BCUT2D eigenvalue weighted by atomic mass is 10.1. The van der Waals surface area contributed by atoms with E-state index in [1.54, 1.807) is 0 Å². The monoisotopic (exact) mass is 344 g/mol. The van der Waals surface area contributed by atoms with E-state index in [1.807, 2.05) is 0 Å². The second-order valence-electron chi connectivity index (χ2n) is 7.06. The maximum Gasteiger partial charge on any atom is 0.104 e. The maximum atomic E-state index is 8.61. The van der Waals surface area contributed by atoms with Crippen LogP contribution in [0.2, 0.25) is 0 Å². The van der Waals surface area contributed by atoms with E-state index in [4.69, 9.17) is 19.3 Å². The van der Waals surface area contributed by atoms with Gasteiger partial charge in [0.2, 0.25) is 0 Å². The average Bonchev–Trinajstić information content (AvgIpc) is 3.49. The van der Waals surface area contributed by atoms with Gasteiger partial charge in [-0.2, -0.15) is 0 Å². The molecule has 0 aromatic carbocycles. The third kappa shape index (κ3) is 16.7. The molecular formula is C20H40O4. The van der Waals surface area contributed by atoms with Crippen molar-refractivity contribution in [3.8, 4) is 0 Å². The van der Waals surface area contributed by atoms with Gasteiger partial charge in [0, 0.05) is 6.61 Å². The molecular weight excluding hydrogens is 304 g/mol. The van der Waals surface area contributed by atoms with Gasteiger partial charge >= 0.3 is 0 Å². The van der Waals surface area contributed by atoms with E-state index < -0.39 is 0 Å². The smallest absolute Gasteiger partial charge is 0.104 e. The fraction of sp³-hybridized carbons (Fsp3) is 1.00. The highest BCUT2D eigenvalue weighted by molar-refractivity contribution is 4.71. The first-order chi connectivity index (χ1) is 11.9. The van der Waals surface area contributed by atoms with Gasteiger partial charge in [0.15, 0.2) is 0 Å². The van der Waals surface area contributed by atoms with Crippen LogP contribution in [0.1, 0.15) is 84.0 Å². The highest BCUT2D eigenvalue weighted by atomic mass is 16.6. The molecule has 0 aliphatic carbocycles. The maximum absolute atomic E-state index is 8.61. The summed E-state index contributed by atoms with van der Waals surface area (Å²) in [5.41, 5.74) is 0. The van der Waals surface area contributed by atoms with Gasteiger partial charge in [-0.05, 0) is 6.42 Å². The number of epoxide rings is 2. The highest BCUT2D eigenvalue weighted by Crippen LogP contribution is 2.13. The zero-order chi connectivity index (χ0) is 17.3. The Bertz CT molecular complexity index is 228. The molecule has 0 aromatic rings. The molecule has 0 amide bonds. The van der Waals surface area contributed by atoms with Gasteiger partial charge in [0.25, 0.3) is 0 Å². The number of aliphatic hydroxyl groups is 1. The second-order valence-corrected chi connectivity index (χ2v) is 7.06. The lowest BCUT2D eigenvalue weighted by Gasteiger charge is -2.01. The quantitative estimate of drug-likeness (QED) is 0.331. The molecule has 4 heteroatoms. The number of aliphatic hydroxyl groups excluding tert-OH is 1. The number of unbranched alkanes of at least 4 members (excludes halogenated alkanes) is 11. The summed E-state index contributed by atoms with van der Waals surface area (Å²) in [5.74, 6) is 0. The van der Waals surface area contributed by atoms with Crippen molar-refractivity contribution in [3.63, 3.8) is 0 Å². The topological polar surface area (TPSA) is 54.5 Å². The van der Waals surface area contributed by atoms with Crippen molar-refractivity contribution in [2.75, 3.05) is 33.0 Å². The van der Waals surface area contributed by atoms with Crippen LogP contribution >= 0.6 is 0 Å². The minimum Gasteiger partial charge on any atom is -0.396 e. The zero-order valence-corrected chi connectivity index (χ0v) is 15.8. The predicted molar refractivity (Wildman–Crippen MR) is 98.5 cm³/mol. The van der Waals surface area contributed by atoms with Crippen LogP contribution in [0.3, 0.4) is 0 Å². The van der Waals surface area contributed by atoms with Gasteiger partial charge in [0.1, 0.15) is 12.2 Å². The van der Waals surface area contributed by atoms with Crippen LogP contribution in [0.15, 0.2) is 0 Å². The lowest BCUT2D eigenvalue weighted by Crippen LogP contribution is -2.06. The molecule has 0 aromatic heterocycles. The van der Waals surface area contributed by atoms with E-state index in [1.165, 1.54) is 70.6 Å².